The third-order valence-electron chi connectivity index (χ3n) is 2.39. The number of hydrazine groups is 1. The lowest BCUT2D eigenvalue weighted by Crippen LogP contribution is -2.44. The van der Waals surface area contributed by atoms with Crippen molar-refractivity contribution in [3.8, 4) is 0 Å². The average Bonchev–Trinajstić information content (AvgIpc) is 2.30. The van der Waals surface area contributed by atoms with E-state index < -0.39 is 22.9 Å². The van der Waals surface area contributed by atoms with Crippen molar-refractivity contribution in [2.24, 2.45) is 14.1 Å². The van der Waals surface area contributed by atoms with Gasteiger partial charge in [-0.25, -0.2) is 15.0 Å². The molecule has 20 heavy (non-hydrogen) atoms. The number of carbonyl (C=O) groups is 1. The number of hydrogen-bond acceptors (Lipinski definition) is 5. The average molecular weight is 284 g/mol. The molecule has 112 valence electrons. The van der Waals surface area contributed by atoms with Crippen molar-refractivity contribution >= 4 is 6.09 Å². The van der Waals surface area contributed by atoms with E-state index in [-0.39, 0.29) is 6.54 Å². The second-order valence-corrected chi connectivity index (χ2v) is 5.39. The van der Waals surface area contributed by atoms with Gasteiger partial charge >= 0.3 is 11.8 Å². The van der Waals surface area contributed by atoms with Gasteiger partial charge in [0.2, 0.25) is 0 Å². The van der Waals surface area contributed by atoms with Gasteiger partial charge in [-0.05, 0) is 20.8 Å². The summed E-state index contributed by atoms with van der Waals surface area (Å²) in [5.41, 5.74) is 3.85. The molecular formula is C12H20N4O4. The minimum atomic E-state index is -0.640. The first-order chi connectivity index (χ1) is 9.11. The van der Waals surface area contributed by atoms with Crippen LogP contribution in [-0.4, -0.2) is 20.8 Å². The molecule has 1 aromatic rings. The number of nitrogens with zero attached hydrogens (tertiary/aromatic N) is 2. The third-order valence-corrected chi connectivity index (χ3v) is 2.39. The lowest BCUT2D eigenvalue weighted by molar-refractivity contribution is 0.0497. The molecule has 0 aliphatic carbocycles. The molecule has 0 aliphatic heterocycles. The fourth-order valence-electron chi connectivity index (χ4n) is 1.52. The Morgan fingerprint density at radius 3 is 2.45 bits per heavy atom. The fraction of sp³-hybridized carbons (Fsp3) is 0.583. The monoisotopic (exact) mass is 284 g/mol. The topological polar surface area (TPSA) is 94.4 Å². The van der Waals surface area contributed by atoms with Gasteiger partial charge in [-0.1, -0.05) is 0 Å². The van der Waals surface area contributed by atoms with Crippen molar-refractivity contribution in [1.29, 1.82) is 0 Å². The van der Waals surface area contributed by atoms with E-state index in [1.165, 1.54) is 17.8 Å². The van der Waals surface area contributed by atoms with Crippen LogP contribution in [0.15, 0.2) is 15.8 Å². The summed E-state index contributed by atoms with van der Waals surface area (Å²) in [7, 11) is 2.95. The Labute approximate surface area is 116 Å². The molecule has 0 fully saturated rings. The quantitative estimate of drug-likeness (QED) is 0.737. The Morgan fingerprint density at radius 1 is 1.30 bits per heavy atom. The molecule has 1 rings (SSSR count). The molecule has 0 spiro atoms. The highest BCUT2D eigenvalue weighted by atomic mass is 16.6. The second-order valence-electron chi connectivity index (χ2n) is 5.39. The molecule has 1 amide bonds. The molecule has 0 radical (unpaired) electrons. The van der Waals surface area contributed by atoms with Crippen LogP contribution in [0.25, 0.3) is 0 Å². The van der Waals surface area contributed by atoms with Gasteiger partial charge in [0.15, 0.2) is 0 Å². The van der Waals surface area contributed by atoms with E-state index in [1.807, 2.05) is 0 Å². The molecule has 0 aliphatic rings. The maximum atomic E-state index is 11.8. The molecular weight excluding hydrogens is 264 g/mol. The predicted molar refractivity (Wildman–Crippen MR) is 73.1 cm³/mol. The summed E-state index contributed by atoms with van der Waals surface area (Å²) in [5.74, 6) is 0. The number of carbonyl (C=O) groups excluding carboxylic acids is 1. The van der Waals surface area contributed by atoms with Gasteiger partial charge in [0.05, 0.1) is 0 Å². The van der Waals surface area contributed by atoms with Crippen LogP contribution in [-0.2, 0) is 25.4 Å². The van der Waals surface area contributed by atoms with Gasteiger partial charge in [-0.15, -0.1) is 0 Å². The SMILES string of the molecule is Cn1cc(CNNC(=O)OC(C)(C)C)c(=O)n(C)c1=O. The van der Waals surface area contributed by atoms with E-state index in [1.54, 1.807) is 27.8 Å². The van der Waals surface area contributed by atoms with E-state index >= 15 is 0 Å². The van der Waals surface area contributed by atoms with Crippen molar-refractivity contribution in [2.75, 3.05) is 0 Å². The maximum absolute atomic E-state index is 11.8. The Kier molecular flexibility index (Phi) is 4.72. The number of aromatic nitrogens is 2. The molecule has 0 aromatic carbocycles. The number of rotatable bonds is 3. The van der Waals surface area contributed by atoms with Gasteiger partial charge in [0, 0.05) is 32.4 Å². The largest absolute Gasteiger partial charge is 0.443 e. The maximum Gasteiger partial charge on any atom is 0.422 e. The van der Waals surface area contributed by atoms with E-state index in [2.05, 4.69) is 10.9 Å². The summed E-state index contributed by atoms with van der Waals surface area (Å²) >= 11 is 0. The first kappa shape index (κ1) is 16.0. The van der Waals surface area contributed by atoms with Crippen molar-refractivity contribution in [3.63, 3.8) is 0 Å². The Hall–Kier alpha value is -2.09. The number of hydrogen-bond donors (Lipinski definition) is 2. The third kappa shape index (κ3) is 4.23. The number of aryl methyl sites for hydroxylation is 1. The number of nitrogens with one attached hydrogen (secondary N) is 2. The Bertz CT molecular complexity index is 609. The molecule has 1 heterocycles. The van der Waals surface area contributed by atoms with Crippen molar-refractivity contribution in [1.82, 2.24) is 20.0 Å². The zero-order valence-electron chi connectivity index (χ0n) is 12.3. The summed E-state index contributed by atoms with van der Waals surface area (Å²) in [6.45, 7) is 5.32. The van der Waals surface area contributed by atoms with Crippen LogP contribution in [0.3, 0.4) is 0 Å². The molecule has 8 heteroatoms. The van der Waals surface area contributed by atoms with Crippen LogP contribution in [0.1, 0.15) is 26.3 Å². The summed E-state index contributed by atoms with van der Waals surface area (Å²) in [6, 6.07) is 0. The summed E-state index contributed by atoms with van der Waals surface area (Å²) < 4.78 is 7.32. The molecule has 0 atom stereocenters. The smallest absolute Gasteiger partial charge is 0.422 e. The minimum absolute atomic E-state index is 0.0834. The minimum Gasteiger partial charge on any atom is -0.443 e. The highest BCUT2D eigenvalue weighted by Crippen LogP contribution is 2.05. The summed E-state index contributed by atoms with van der Waals surface area (Å²) in [6.07, 6.45) is 0.785. The van der Waals surface area contributed by atoms with Crippen molar-refractivity contribution < 1.29 is 9.53 Å². The summed E-state index contributed by atoms with van der Waals surface area (Å²) in [4.78, 5) is 34.7. The van der Waals surface area contributed by atoms with Crippen LogP contribution in [0.2, 0.25) is 0 Å². The highest BCUT2D eigenvalue weighted by Gasteiger charge is 2.15. The summed E-state index contributed by atoms with van der Waals surface area (Å²) in [5, 5.41) is 0. The lowest BCUT2D eigenvalue weighted by atomic mass is 10.2. The molecule has 8 nitrogen and oxygen atoms in total. The van der Waals surface area contributed by atoms with Crippen molar-refractivity contribution in [2.45, 2.75) is 32.9 Å². The molecule has 0 unspecified atom stereocenters. The van der Waals surface area contributed by atoms with Crippen LogP contribution < -0.4 is 22.1 Å². The second kappa shape index (κ2) is 5.91. The Balaban J connectivity index is 2.66. The first-order valence-electron chi connectivity index (χ1n) is 6.09. The molecule has 0 saturated heterocycles. The van der Waals surface area contributed by atoms with Crippen LogP contribution >= 0.6 is 0 Å². The lowest BCUT2D eigenvalue weighted by Gasteiger charge is -2.19. The molecule has 0 saturated carbocycles. The van der Waals surface area contributed by atoms with Crippen LogP contribution in [0, 0.1) is 0 Å². The van der Waals surface area contributed by atoms with Crippen molar-refractivity contribution in [3.05, 3.63) is 32.6 Å². The van der Waals surface area contributed by atoms with Gasteiger partial charge < -0.3 is 9.30 Å². The van der Waals surface area contributed by atoms with E-state index in [0.29, 0.717) is 5.56 Å². The van der Waals surface area contributed by atoms with Gasteiger partial charge in [-0.2, -0.15) is 0 Å². The zero-order valence-corrected chi connectivity index (χ0v) is 12.3. The zero-order chi connectivity index (χ0) is 15.5. The van der Waals surface area contributed by atoms with E-state index in [0.717, 1.165) is 4.57 Å². The molecule has 2 N–H and O–H groups in total. The predicted octanol–water partition coefficient (Wildman–Crippen LogP) is -0.387. The van der Waals surface area contributed by atoms with Gasteiger partial charge in [0.25, 0.3) is 5.56 Å². The van der Waals surface area contributed by atoms with E-state index in [4.69, 9.17) is 4.74 Å². The van der Waals surface area contributed by atoms with Gasteiger partial charge in [-0.3, -0.25) is 14.8 Å². The normalized spacial score (nSPS) is 11.2. The first-order valence-corrected chi connectivity index (χ1v) is 6.09. The Morgan fingerprint density at radius 2 is 1.90 bits per heavy atom. The van der Waals surface area contributed by atoms with Crippen LogP contribution in [0.4, 0.5) is 4.79 Å². The fourth-order valence-corrected chi connectivity index (χ4v) is 1.52. The highest BCUT2D eigenvalue weighted by molar-refractivity contribution is 5.66. The number of amides is 1. The van der Waals surface area contributed by atoms with E-state index in [9.17, 15) is 14.4 Å². The standard InChI is InChI=1S/C12H20N4O4/c1-12(2,3)20-10(18)14-13-6-8-7-15(4)11(19)16(5)9(8)17/h7,13H,6H2,1-5H3,(H,14,18). The van der Waals surface area contributed by atoms with Gasteiger partial charge in [0.1, 0.15) is 5.60 Å². The molecule has 1 aromatic heterocycles. The van der Waals surface area contributed by atoms with Crippen LogP contribution in [0.5, 0.6) is 0 Å². The number of ether oxygens (including phenoxy) is 1. The molecule has 0 bridgehead atoms.